The lowest BCUT2D eigenvalue weighted by Crippen LogP contribution is -2.33. The van der Waals surface area contributed by atoms with Crippen molar-refractivity contribution in [2.75, 3.05) is 27.1 Å². The summed E-state index contributed by atoms with van der Waals surface area (Å²) in [5.74, 6) is 1.22. The molecule has 7 heteroatoms. The van der Waals surface area contributed by atoms with Gasteiger partial charge in [0.25, 0.3) is 5.91 Å². The van der Waals surface area contributed by atoms with Gasteiger partial charge in [-0.15, -0.1) is 0 Å². The number of hydrogen-bond acceptors (Lipinski definition) is 4. The predicted molar refractivity (Wildman–Crippen MR) is 119 cm³/mol. The molecule has 2 heterocycles. The summed E-state index contributed by atoms with van der Waals surface area (Å²) in [4.78, 5) is 15.2. The number of carbonyl (C=O) groups excluding carboxylic acids is 1. The molecular formula is C24H25ClN2O4. The molecule has 2 aromatic carbocycles. The molecule has 0 unspecified atom stereocenters. The molecule has 31 heavy (non-hydrogen) atoms. The molecule has 0 radical (unpaired) electrons. The first kappa shape index (κ1) is 21.3. The molecule has 162 valence electrons. The van der Waals surface area contributed by atoms with Gasteiger partial charge >= 0.3 is 0 Å². The molecule has 4 rings (SSSR count). The van der Waals surface area contributed by atoms with Crippen molar-refractivity contribution in [2.45, 2.75) is 19.5 Å². The number of ether oxygens (including phenoxy) is 3. The number of rotatable bonds is 9. The van der Waals surface area contributed by atoms with Gasteiger partial charge in [-0.05, 0) is 54.4 Å². The molecule has 6 nitrogen and oxygen atoms in total. The van der Waals surface area contributed by atoms with E-state index >= 15 is 0 Å². The van der Waals surface area contributed by atoms with Crippen molar-refractivity contribution < 1.29 is 19.0 Å². The van der Waals surface area contributed by atoms with E-state index in [1.807, 2.05) is 47.5 Å². The lowest BCUT2D eigenvalue weighted by molar-refractivity contribution is 0.0719. The van der Waals surface area contributed by atoms with Crippen LogP contribution in [0.15, 0.2) is 60.8 Å². The van der Waals surface area contributed by atoms with Gasteiger partial charge in [0.05, 0.1) is 6.54 Å². The molecule has 0 spiro atoms. The SMILES string of the molecule is COCCCN(Cc1cccn1Cc1cccc(Cl)c1)C(=O)c1ccc2c(c1)OCO2. The van der Waals surface area contributed by atoms with E-state index in [2.05, 4.69) is 4.57 Å². The van der Waals surface area contributed by atoms with Crippen LogP contribution in [0.5, 0.6) is 11.5 Å². The zero-order chi connectivity index (χ0) is 21.6. The third-order valence-electron chi connectivity index (χ3n) is 5.20. The second-order valence-corrected chi connectivity index (χ2v) is 7.83. The molecule has 0 N–H and O–H groups in total. The van der Waals surface area contributed by atoms with Gasteiger partial charge in [0.1, 0.15) is 0 Å². The van der Waals surface area contributed by atoms with E-state index in [1.54, 1.807) is 25.3 Å². The highest BCUT2D eigenvalue weighted by atomic mass is 35.5. The highest BCUT2D eigenvalue weighted by Gasteiger charge is 2.21. The zero-order valence-electron chi connectivity index (χ0n) is 17.4. The Bertz CT molecular complexity index is 1050. The Morgan fingerprint density at radius 1 is 1.13 bits per heavy atom. The van der Waals surface area contributed by atoms with Crippen molar-refractivity contribution in [1.29, 1.82) is 0 Å². The largest absolute Gasteiger partial charge is 0.454 e. The molecule has 1 aliphatic rings. The summed E-state index contributed by atoms with van der Waals surface area (Å²) in [7, 11) is 1.67. The molecule has 0 bridgehead atoms. The van der Waals surface area contributed by atoms with Crippen molar-refractivity contribution in [2.24, 2.45) is 0 Å². The summed E-state index contributed by atoms with van der Waals surface area (Å²) >= 11 is 6.14. The average Bonchev–Trinajstić information content (AvgIpc) is 3.41. The summed E-state index contributed by atoms with van der Waals surface area (Å²) in [6, 6.07) is 17.2. The van der Waals surface area contributed by atoms with Crippen molar-refractivity contribution in [1.82, 2.24) is 9.47 Å². The lowest BCUT2D eigenvalue weighted by atomic mass is 10.1. The van der Waals surface area contributed by atoms with Gasteiger partial charge in [-0.25, -0.2) is 0 Å². The molecule has 0 atom stereocenters. The van der Waals surface area contributed by atoms with Crippen LogP contribution < -0.4 is 9.47 Å². The maximum absolute atomic E-state index is 13.3. The maximum Gasteiger partial charge on any atom is 0.254 e. The number of halogens is 1. The van der Waals surface area contributed by atoms with Crippen LogP contribution in [0.4, 0.5) is 0 Å². The van der Waals surface area contributed by atoms with E-state index in [0.29, 0.717) is 48.3 Å². The van der Waals surface area contributed by atoms with E-state index in [4.69, 9.17) is 25.8 Å². The molecule has 1 amide bonds. The summed E-state index contributed by atoms with van der Waals surface area (Å²) in [5, 5.41) is 0.713. The summed E-state index contributed by atoms with van der Waals surface area (Å²) in [6.45, 7) is 2.54. The van der Waals surface area contributed by atoms with Gasteiger partial charge in [-0.2, -0.15) is 0 Å². The molecule has 1 aromatic heterocycles. The molecule has 0 saturated heterocycles. The number of aromatic nitrogens is 1. The summed E-state index contributed by atoms with van der Waals surface area (Å²) in [6.07, 6.45) is 2.77. The number of carbonyl (C=O) groups is 1. The Morgan fingerprint density at radius 3 is 2.84 bits per heavy atom. The highest BCUT2D eigenvalue weighted by Crippen LogP contribution is 2.33. The summed E-state index contributed by atoms with van der Waals surface area (Å²) < 4.78 is 18.1. The van der Waals surface area contributed by atoms with Crippen molar-refractivity contribution in [3.05, 3.63) is 82.6 Å². The van der Waals surface area contributed by atoms with Crippen LogP contribution in [-0.2, 0) is 17.8 Å². The number of amides is 1. The van der Waals surface area contributed by atoms with E-state index in [9.17, 15) is 4.79 Å². The van der Waals surface area contributed by atoms with Crippen molar-refractivity contribution in [3.63, 3.8) is 0 Å². The first-order valence-electron chi connectivity index (χ1n) is 10.2. The standard InChI is InChI=1S/C24H25ClN2O4/c1-29-12-4-11-27(24(28)19-8-9-22-23(14-19)31-17-30-22)16-21-7-3-10-26(21)15-18-5-2-6-20(25)13-18/h2-3,5-10,13-14H,4,11-12,15-17H2,1H3. The second-order valence-electron chi connectivity index (χ2n) is 7.40. The fourth-order valence-corrected chi connectivity index (χ4v) is 3.85. The van der Waals surface area contributed by atoms with Gasteiger partial charge < -0.3 is 23.7 Å². The number of fused-ring (bicyclic) bond motifs is 1. The summed E-state index contributed by atoms with van der Waals surface area (Å²) in [5.41, 5.74) is 2.74. The van der Waals surface area contributed by atoms with Gasteiger partial charge in [0.15, 0.2) is 11.5 Å². The average molecular weight is 441 g/mol. The Labute approximate surface area is 186 Å². The third-order valence-corrected chi connectivity index (χ3v) is 5.44. The lowest BCUT2D eigenvalue weighted by Gasteiger charge is -2.24. The van der Waals surface area contributed by atoms with Gasteiger partial charge in [-0.1, -0.05) is 23.7 Å². The number of methoxy groups -OCH3 is 1. The van der Waals surface area contributed by atoms with E-state index in [1.165, 1.54) is 0 Å². The minimum absolute atomic E-state index is 0.0510. The Hall–Kier alpha value is -2.96. The zero-order valence-corrected chi connectivity index (χ0v) is 18.2. The fraction of sp³-hybridized carbons (Fsp3) is 0.292. The minimum Gasteiger partial charge on any atom is -0.454 e. The van der Waals surface area contributed by atoms with E-state index < -0.39 is 0 Å². The molecule has 1 aliphatic heterocycles. The highest BCUT2D eigenvalue weighted by molar-refractivity contribution is 6.30. The van der Waals surface area contributed by atoms with Crippen LogP contribution in [0.1, 0.15) is 28.0 Å². The van der Waals surface area contributed by atoms with Crippen molar-refractivity contribution in [3.8, 4) is 11.5 Å². The quantitative estimate of drug-likeness (QED) is 0.456. The Kier molecular flexibility index (Phi) is 6.79. The molecule has 0 saturated carbocycles. The maximum atomic E-state index is 13.3. The van der Waals surface area contributed by atoms with Gasteiger partial charge in [0, 0.05) is 49.3 Å². The number of nitrogens with zero attached hydrogens (tertiary/aromatic N) is 2. The van der Waals surface area contributed by atoms with E-state index in [0.717, 1.165) is 17.7 Å². The van der Waals surface area contributed by atoms with Crippen LogP contribution >= 0.6 is 11.6 Å². The molecule has 0 aliphatic carbocycles. The third kappa shape index (κ3) is 5.21. The molecule has 0 fully saturated rings. The normalized spacial score (nSPS) is 12.2. The molecular weight excluding hydrogens is 416 g/mol. The Morgan fingerprint density at radius 2 is 2.00 bits per heavy atom. The first-order chi connectivity index (χ1) is 15.1. The second kappa shape index (κ2) is 9.90. The monoisotopic (exact) mass is 440 g/mol. The first-order valence-corrected chi connectivity index (χ1v) is 10.6. The minimum atomic E-state index is -0.0510. The van der Waals surface area contributed by atoms with Crippen LogP contribution in [0.2, 0.25) is 5.02 Å². The predicted octanol–water partition coefficient (Wildman–Crippen LogP) is 4.60. The smallest absolute Gasteiger partial charge is 0.254 e. The fourth-order valence-electron chi connectivity index (χ4n) is 3.64. The topological polar surface area (TPSA) is 52.9 Å². The van der Waals surface area contributed by atoms with Crippen molar-refractivity contribution >= 4 is 17.5 Å². The Balaban J connectivity index is 1.53. The number of hydrogen-bond donors (Lipinski definition) is 0. The van der Waals surface area contributed by atoms with Crippen LogP contribution in [0, 0.1) is 0 Å². The van der Waals surface area contributed by atoms with Crippen LogP contribution in [0.3, 0.4) is 0 Å². The number of benzene rings is 2. The van der Waals surface area contributed by atoms with E-state index in [-0.39, 0.29) is 12.7 Å². The molecule has 3 aromatic rings. The van der Waals surface area contributed by atoms with Crippen LogP contribution in [0.25, 0.3) is 0 Å². The van der Waals surface area contributed by atoms with Gasteiger partial charge in [-0.3, -0.25) is 4.79 Å². The van der Waals surface area contributed by atoms with Crippen LogP contribution in [-0.4, -0.2) is 42.4 Å². The van der Waals surface area contributed by atoms with Gasteiger partial charge in [0.2, 0.25) is 6.79 Å².